The highest BCUT2D eigenvalue weighted by Crippen LogP contribution is 2.32. The molecule has 1 fully saturated rings. The van der Waals surface area contributed by atoms with E-state index in [2.05, 4.69) is 23.5 Å². The van der Waals surface area contributed by atoms with E-state index in [0.717, 1.165) is 18.7 Å². The van der Waals surface area contributed by atoms with Crippen molar-refractivity contribution in [1.29, 1.82) is 0 Å². The topological polar surface area (TPSA) is 21.3 Å². The van der Waals surface area contributed by atoms with Gasteiger partial charge in [0.15, 0.2) is 0 Å². The molecule has 98 valence electrons. The molecule has 2 nitrogen and oxygen atoms in total. The van der Waals surface area contributed by atoms with Crippen molar-refractivity contribution in [3.8, 4) is 5.75 Å². The van der Waals surface area contributed by atoms with Gasteiger partial charge in [-0.2, -0.15) is 0 Å². The fourth-order valence-electron chi connectivity index (χ4n) is 3.11. The summed E-state index contributed by atoms with van der Waals surface area (Å²) in [4.78, 5) is 0. The summed E-state index contributed by atoms with van der Waals surface area (Å²) in [5.74, 6) is 1.77. The Labute approximate surface area is 114 Å². The Morgan fingerprint density at radius 1 is 1.28 bits per heavy atom. The molecule has 1 N–H and O–H groups in total. The Morgan fingerprint density at radius 2 is 2.06 bits per heavy atom. The molecule has 0 aromatic heterocycles. The van der Waals surface area contributed by atoms with Crippen molar-refractivity contribution in [2.45, 2.75) is 43.7 Å². The van der Waals surface area contributed by atoms with E-state index in [4.69, 9.17) is 16.3 Å². The molecule has 3 rings (SSSR count). The summed E-state index contributed by atoms with van der Waals surface area (Å²) in [5.41, 5.74) is 1.50. The highest BCUT2D eigenvalue weighted by Gasteiger charge is 2.34. The van der Waals surface area contributed by atoms with Crippen LogP contribution in [0.2, 0.25) is 0 Å². The molecule has 1 aliphatic carbocycles. The number of hydrogen-bond acceptors (Lipinski definition) is 2. The number of rotatable bonds is 4. The molecule has 0 amide bonds. The fourth-order valence-corrected chi connectivity index (χ4v) is 3.47. The Hall–Kier alpha value is -0.730. The first kappa shape index (κ1) is 12.3. The molecule has 1 heterocycles. The minimum Gasteiger partial charge on any atom is -0.488 e. The van der Waals surface area contributed by atoms with Crippen LogP contribution in [0.1, 0.15) is 31.2 Å². The second-order valence-electron chi connectivity index (χ2n) is 5.55. The fraction of sp³-hybridized carbons (Fsp3) is 0.600. The number of fused-ring (bicyclic) bond motifs is 1. The van der Waals surface area contributed by atoms with E-state index in [1.807, 2.05) is 6.07 Å². The van der Waals surface area contributed by atoms with Gasteiger partial charge in [-0.1, -0.05) is 31.0 Å². The normalized spacial score (nSPS) is 24.8. The van der Waals surface area contributed by atoms with Crippen LogP contribution >= 0.6 is 11.6 Å². The number of benzene rings is 1. The van der Waals surface area contributed by atoms with Crippen molar-refractivity contribution < 1.29 is 4.74 Å². The van der Waals surface area contributed by atoms with Crippen LogP contribution in [-0.4, -0.2) is 24.1 Å². The molecule has 1 atom stereocenters. The van der Waals surface area contributed by atoms with E-state index < -0.39 is 0 Å². The van der Waals surface area contributed by atoms with Gasteiger partial charge in [0, 0.05) is 24.4 Å². The highest BCUT2D eigenvalue weighted by atomic mass is 35.5. The minimum atomic E-state index is 0.166. The lowest BCUT2D eigenvalue weighted by Crippen LogP contribution is -2.48. The first-order valence-electron chi connectivity index (χ1n) is 6.87. The number of ether oxygens (including phenoxy) is 1. The Bertz CT molecular complexity index is 390. The van der Waals surface area contributed by atoms with Crippen LogP contribution in [0.5, 0.6) is 5.75 Å². The van der Waals surface area contributed by atoms with Gasteiger partial charge in [0.25, 0.3) is 0 Å². The molecular weight excluding hydrogens is 246 g/mol. The van der Waals surface area contributed by atoms with Crippen molar-refractivity contribution in [3.05, 3.63) is 29.8 Å². The van der Waals surface area contributed by atoms with Crippen LogP contribution in [0.3, 0.4) is 0 Å². The van der Waals surface area contributed by atoms with Crippen LogP contribution < -0.4 is 10.1 Å². The van der Waals surface area contributed by atoms with E-state index in [0.29, 0.717) is 5.88 Å². The first-order valence-corrected chi connectivity index (χ1v) is 7.40. The molecule has 1 aliphatic heterocycles. The minimum absolute atomic E-state index is 0.166. The molecule has 1 unspecified atom stereocenters. The maximum absolute atomic E-state index is 6.14. The summed E-state index contributed by atoms with van der Waals surface area (Å²) in [7, 11) is 0. The number of halogens is 1. The molecule has 1 aromatic rings. The summed E-state index contributed by atoms with van der Waals surface area (Å²) < 4.78 is 5.95. The molecule has 1 aromatic carbocycles. The van der Waals surface area contributed by atoms with Gasteiger partial charge in [-0.05, 0) is 24.5 Å². The van der Waals surface area contributed by atoms with Gasteiger partial charge in [0.1, 0.15) is 11.9 Å². The summed E-state index contributed by atoms with van der Waals surface area (Å²) in [6, 6.07) is 8.32. The van der Waals surface area contributed by atoms with Gasteiger partial charge in [-0.15, -0.1) is 11.6 Å². The maximum atomic E-state index is 6.14. The molecular formula is C15H20ClNO. The maximum Gasteiger partial charge on any atom is 0.123 e. The first-order chi connectivity index (χ1) is 8.81. The van der Waals surface area contributed by atoms with Gasteiger partial charge in [-0.3, -0.25) is 0 Å². The number of nitrogens with one attached hydrogen (secondary N) is 1. The average molecular weight is 266 g/mol. The van der Waals surface area contributed by atoms with E-state index in [1.54, 1.807) is 0 Å². The zero-order valence-corrected chi connectivity index (χ0v) is 11.4. The SMILES string of the molecule is ClCC1(NCC2Cc3ccccc3O2)CCCC1. The van der Waals surface area contributed by atoms with Gasteiger partial charge in [0.2, 0.25) is 0 Å². The number of hydrogen-bond donors (Lipinski definition) is 1. The third-order valence-electron chi connectivity index (χ3n) is 4.24. The number of alkyl halides is 1. The summed E-state index contributed by atoms with van der Waals surface area (Å²) in [5, 5.41) is 3.66. The molecule has 0 radical (unpaired) electrons. The summed E-state index contributed by atoms with van der Waals surface area (Å²) in [6.07, 6.45) is 6.29. The number of para-hydroxylation sites is 1. The average Bonchev–Trinajstić information content (AvgIpc) is 3.03. The quantitative estimate of drug-likeness (QED) is 0.845. The highest BCUT2D eigenvalue weighted by molar-refractivity contribution is 6.18. The lowest BCUT2D eigenvalue weighted by atomic mass is 10.00. The molecule has 0 spiro atoms. The van der Waals surface area contributed by atoms with E-state index >= 15 is 0 Å². The molecule has 3 heteroatoms. The van der Waals surface area contributed by atoms with E-state index in [-0.39, 0.29) is 11.6 Å². The molecule has 0 bridgehead atoms. The lowest BCUT2D eigenvalue weighted by molar-refractivity contribution is 0.206. The molecule has 2 aliphatic rings. The molecule has 1 saturated carbocycles. The van der Waals surface area contributed by atoms with Crippen LogP contribution in [0.4, 0.5) is 0 Å². The van der Waals surface area contributed by atoms with Crippen molar-refractivity contribution >= 4 is 11.6 Å². The smallest absolute Gasteiger partial charge is 0.123 e. The summed E-state index contributed by atoms with van der Waals surface area (Å²) in [6.45, 7) is 0.904. The lowest BCUT2D eigenvalue weighted by Gasteiger charge is -2.29. The molecule has 18 heavy (non-hydrogen) atoms. The van der Waals surface area contributed by atoms with E-state index in [1.165, 1.54) is 31.2 Å². The standard InChI is InChI=1S/C15H20ClNO/c16-11-15(7-3-4-8-15)17-10-13-9-12-5-1-2-6-14(12)18-13/h1-2,5-6,13,17H,3-4,7-11H2. The predicted octanol–water partition coefficient (Wildman–Crippen LogP) is 3.13. The Kier molecular flexibility index (Phi) is 3.49. The van der Waals surface area contributed by atoms with Crippen LogP contribution in [0.25, 0.3) is 0 Å². The largest absolute Gasteiger partial charge is 0.488 e. The van der Waals surface area contributed by atoms with E-state index in [9.17, 15) is 0 Å². The zero-order chi connectivity index (χ0) is 12.4. The third-order valence-corrected chi connectivity index (χ3v) is 4.75. The second kappa shape index (κ2) is 5.10. The molecule has 0 saturated heterocycles. The van der Waals surface area contributed by atoms with Crippen molar-refractivity contribution in [3.63, 3.8) is 0 Å². The van der Waals surface area contributed by atoms with Crippen LogP contribution in [-0.2, 0) is 6.42 Å². The third kappa shape index (κ3) is 2.36. The monoisotopic (exact) mass is 265 g/mol. The summed E-state index contributed by atoms with van der Waals surface area (Å²) >= 11 is 6.14. The van der Waals surface area contributed by atoms with Gasteiger partial charge in [0.05, 0.1) is 0 Å². The van der Waals surface area contributed by atoms with Crippen LogP contribution in [0.15, 0.2) is 24.3 Å². The predicted molar refractivity (Wildman–Crippen MR) is 74.5 cm³/mol. The van der Waals surface area contributed by atoms with Gasteiger partial charge >= 0.3 is 0 Å². The van der Waals surface area contributed by atoms with Gasteiger partial charge in [-0.25, -0.2) is 0 Å². The van der Waals surface area contributed by atoms with Crippen molar-refractivity contribution in [2.24, 2.45) is 0 Å². The van der Waals surface area contributed by atoms with Crippen LogP contribution in [0, 0.1) is 0 Å². The van der Waals surface area contributed by atoms with Crippen molar-refractivity contribution in [1.82, 2.24) is 5.32 Å². The Morgan fingerprint density at radius 3 is 2.78 bits per heavy atom. The second-order valence-corrected chi connectivity index (χ2v) is 5.82. The zero-order valence-electron chi connectivity index (χ0n) is 10.6. The van der Waals surface area contributed by atoms with Crippen molar-refractivity contribution in [2.75, 3.05) is 12.4 Å². The Balaban J connectivity index is 1.57. The van der Waals surface area contributed by atoms with Gasteiger partial charge < -0.3 is 10.1 Å².